The summed E-state index contributed by atoms with van der Waals surface area (Å²) in [5.41, 5.74) is 4.87. The first-order valence-electron chi connectivity index (χ1n) is 8.07. The molecule has 120 valence electrons. The molecule has 3 nitrogen and oxygen atoms in total. The Morgan fingerprint density at radius 1 is 0.960 bits per heavy atom. The number of aromatic nitrogens is 2. The molecular weight excluding hydrogens is 332 g/mol. The zero-order valence-electron chi connectivity index (χ0n) is 13.5. The average Bonchev–Trinajstić information content (AvgIpc) is 2.97. The smallest absolute Gasteiger partial charge is 0.197 e. The first kappa shape index (κ1) is 14.4. The van der Waals surface area contributed by atoms with Gasteiger partial charge < -0.3 is 0 Å². The van der Waals surface area contributed by atoms with Gasteiger partial charge in [0.1, 0.15) is 0 Å². The Morgan fingerprint density at radius 3 is 2.44 bits per heavy atom. The van der Waals surface area contributed by atoms with Crippen molar-refractivity contribution in [3.05, 3.63) is 82.5 Å². The minimum absolute atomic E-state index is 0.0325. The van der Waals surface area contributed by atoms with Crippen LogP contribution in [0.25, 0.3) is 27.7 Å². The van der Waals surface area contributed by atoms with E-state index in [1.165, 1.54) is 0 Å². The van der Waals surface area contributed by atoms with Gasteiger partial charge in [0.25, 0.3) is 0 Å². The molecule has 4 heteroatoms. The van der Waals surface area contributed by atoms with Gasteiger partial charge in [0, 0.05) is 21.5 Å². The van der Waals surface area contributed by atoms with Gasteiger partial charge in [-0.15, -0.1) is 0 Å². The number of ketones is 1. The van der Waals surface area contributed by atoms with Crippen LogP contribution in [0.5, 0.6) is 0 Å². The van der Waals surface area contributed by atoms with Crippen molar-refractivity contribution in [2.24, 2.45) is 0 Å². The van der Waals surface area contributed by atoms with Crippen LogP contribution in [0.1, 0.15) is 21.6 Å². The van der Waals surface area contributed by atoms with E-state index in [2.05, 4.69) is 11.2 Å². The molecule has 3 aromatic carbocycles. The average molecular weight is 345 g/mol. The van der Waals surface area contributed by atoms with Crippen LogP contribution in [0.2, 0.25) is 5.02 Å². The van der Waals surface area contributed by atoms with Crippen molar-refractivity contribution in [1.29, 1.82) is 0 Å². The summed E-state index contributed by atoms with van der Waals surface area (Å²) in [6, 6.07) is 19.5. The summed E-state index contributed by atoms with van der Waals surface area (Å²) < 4.78 is 1.83. The summed E-state index contributed by atoms with van der Waals surface area (Å²) in [4.78, 5) is 13.1. The normalized spacial score (nSPS) is 12.5. The maximum Gasteiger partial charge on any atom is 0.197 e. The third-order valence-electron chi connectivity index (χ3n) is 4.74. The second-order valence-corrected chi connectivity index (χ2v) is 6.68. The van der Waals surface area contributed by atoms with Crippen molar-refractivity contribution in [2.75, 3.05) is 0 Å². The number of fused-ring (bicyclic) bond motifs is 2. The molecule has 0 unspecified atom stereocenters. The van der Waals surface area contributed by atoms with E-state index < -0.39 is 0 Å². The number of halogens is 1. The first-order chi connectivity index (χ1) is 12.1. The summed E-state index contributed by atoms with van der Waals surface area (Å²) in [5.74, 6) is 0.0325. The van der Waals surface area contributed by atoms with E-state index in [0.717, 1.165) is 39.0 Å². The van der Waals surface area contributed by atoms with Crippen molar-refractivity contribution in [3.8, 4) is 16.9 Å². The maximum absolute atomic E-state index is 13.1. The topological polar surface area (TPSA) is 34.9 Å². The third-order valence-corrected chi connectivity index (χ3v) is 4.98. The van der Waals surface area contributed by atoms with Crippen LogP contribution in [-0.2, 0) is 0 Å². The Kier molecular flexibility index (Phi) is 2.91. The van der Waals surface area contributed by atoms with E-state index in [0.29, 0.717) is 10.6 Å². The predicted octanol–water partition coefficient (Wildman–Crippen LogP) is 5.20. The molecule has 0 N–H and O–H groups in total. The highest BCUT2D eigenvalue weighted by atomic mass is 35.5. The zero-order chi connectivity index (χ0) is 17.1. The van der Waals surface area contributed by atoms with Gasteiger partial charge in [-0.2, -0.15) is 5.10 Å². The number of hydrogen-bond donors (Lipinski definition) is 0. The molecule has 0 amide bonds. The van der Waals surface area contributed by atoms with Gasteiger partial charge >= 0.3 is 0 Å². The van der Waals surface area contributed by atoms with Crippen LogP contribution >= 0.6 is 11.6 Å². The Morgan fingerprint density at radius 2 is 1.68 bits per heavy atom. The lowest BCUT2D eigenvalue weighted by Gasteiger charge is -2.19. The van der Waals surface area contributed by atoms with Crippen molar-refractivity contribution < 1.29 is 4.79 Å². The highest BCUT2D eigenvalue weighted by molar-refractivity contribution is 6.30. The lowest BCUT2D eigenvalue weighted by atomic mass is 9.85. The number of nitrogens with zero attached hydrogens (tertiary/aromatic N) is 2. The molecular formula is C21H13ClN2O. The van der Waals surface area contributed by atoms with Crippen LogP contribution in [0.3, 0.4) is 0 Å². The Bertz CT molecular complexity index is 1180. The molecule has 0 saturated carbocycles. The van der Waals surface area contributed by atoms with Crippen LogP contribution in [-0.4, -0.2) is 15.6 Å². The van der Waals surface area contributed by atoms with Crippen LogP contribution in [0.15, 0.2) is 60.7 Å². The summed E-state index contributed by atoms with van der Waals surface area (Å²) >= 11 is 6.17. The highest BCUT2D eigenvalue weighted by Crippen LogP contribution is 2.41. The van der Waals surface area contributed by atoms with Crippen molar-refractivity contribution in [2.45, 2.75) is 6.92 Å². The van der Waals surface area contributed by atoms with E-state index in [4.69, 9.17) is 11.6 Å². The van der Waals surface area contributed by atoms with Crippen LogP contribution in [0.4, 0.5) is 0 Å². The van der Waals surface area contributed by atoms with Gasteiger partial charge in [0.05, 0.1) is 22.6 Å². The number of benzene rings is 3. The second-order valence-electron chi connectivity index (χ2n) is 6.24. The number of rotatable bonds is 1. The number of aryl methyl sites for hydroxylation is 1. The van der Waals surface area contributed by atoms with E-state index in [-0.39, 0.29) is 5.78 Å². The van der Waals surface area contributed by atoms with Gasteiger partial charge in [-0.25, -0.2) is 4.68 Å². The quantitative estimate of drug-likeness (QED) is 0.419. The molecule has 25 heavy (non-hydrogen) atoms. The molecule has 0 aliphatic heterocycles. The largest absolute Gasteiger partial charge is 0.288 e. The minimum Gasteiger partial charge on any atom is -0.288 e. The van der Waals surface area contributed by atoms with Crippen molar-refractivity contribution in [3.63, 3.8) is 0 Å². The summed E-state index contributed by atoms with van der Waals surface area (Å²) in [6.45, 7) is 1.88. The molecule has 1 aromatic heterocycles. The maximum atomic E-state index is 13.1. The van der Waals surface area contributed by atoms with E-state index in [1.54, 1.807) is 0 Å². The molecule has 0 radical (unpaired) electrons. The molecule has 0 spiro atoms. The summed E-state index contributed by atoms with van der Waals surface area (Å²) in [6.07, 6.45) is 0. The minimum atomic E-state index is 0.0325. The number of carbonyl (C=O) groups is 1. The molecule has 0 saturated heterocycles. The van der Waals surface area contributed by atoms with E-state index in [1.807, 2.05) is 66.2 Å². The number of hydrogen-bond acceptors (Lipinski definition) is 2. The fraction of sp³-hybridized carbons (Fsp3) is 0.0476. The zero-order valence-corrected chi connectivity index (χ0v) is 14.2. The van der Waals surface area contributed by atoms with Crippen LogP contribution in [0, 0.1) is 6.92 Å². The van der Waals surface area contributed by atoms with Gasteiger partial charge in [0.2, 0.25) is 0 Å². The van der Waals surface area contributed by atoms with E-state index >= 15 is 0 Å². The lowest BCUT2D eigenvalue weighted by molar-refractivity contribution is 0.103. The Balaban J connectivity index is 1.94. The van der Waals surface area contributed by atoms with Gasteiger partial charge in [-0.05, 0) is 30.5 Å². The Hall–Kier alpha value is -2.91. The molecule has 1 aliphatic rings. The number of carbonyl (C=O) groups excluding carboxylic acids is 1. The second kappa shape index (κ2) is 5.04. The monoisotopic (exact) mass is 344 g/mol. The molecule has 1 aliphatic carbocycles. The molecule has 4 aromatic rings. The van der Waals surface area contributed by atoms with Crippen molar-refractivity contribution in [1.82, 2.24) is 9.78 Å². The molecule has 1 heterocycles. The fourth-order valence-corrected chi connectivity index (χ4v) is 3.89. The molecule has 0 bridgehead atoms. The van der Waals surface area contributed by atoms with Gasteiger partial charge in [-0.1, -0.05) is 54.1 Å². The molecule has 5 rings (SSSR count). The Labute approximate surface area is 149 Å². The van der Waals surface area contributed by atoms with Gasteiger partial charge in [-0.3, -0.25) is 4.79 Å². The third kappa shape index (κ3) is 1.93. The van der Waals surface area contributed by atoms with E-state index in [9.17, 15) is 4.79 Å². The molecule has 0 fully saturated rings. The SMILES string of the molecule is Cc1nn(-c2cccc(Cl)c2)c2c1C(=O)c1cccc3cccc-2c13. The van der Waals surface area contributed by atoms with Crippen molar-refractivity contribution >= 4 is 28.2 Å². The highest BCUT2D eigenvalue weighted by Gasteiger charge is 2.31. The van der Waals surface area contributed by atoms with Gasteiger partial charge in [0.15, 0.2) is 5.78 Å². The van der Waals surface area contributed by atoms with Crippen LogP contribution < -0.4 is 0 Å². The fourth-order valence-electron chi connectivity index (χ4n) is 3.70. The molecule has 0 atom stereocenters. The lowest BCUT2D eigenvalue weighted by Crippen LogP contribution is -2.11. The first-order valence-corrected chi connectivity index (χ1v) is 8.45. The standard InChI is InChI=1S/C21H13ClN2O/c1-12-18-20(24(23-12)15-8-4-7-14(22)11-15)16-9-2-5-13-6-3-10-17(19(13)16)21(18)25/h2-11H,1H3. The predicted molar refractivity (Wildman–Crippen MR) is 99.7 cm³/mol. The summed E-state index contributed by atoms with van der Waals surface area (Å²) in [5, 5.41) is 7.35. The summed E-state index contributed by atoms with van der Waals surface area (Å²) in [7, 11) is 0.